The molecule has 0 amide bonds. The number of hydrazone groups is 1. The second-order valence-electron chi connectivity index (χ2n) is 8.11. The van der Waals surface area contributed by atoms with Crippen molar-refractivity contribution in [1.29, 1.82) is 0 Å². The maximum Gasteiger partial charge on any atom is 0.176 e. The molecule has 2 atom stereocenters. The highest BCUT2D eigenvalue weighted by molar-refractivity contribution is 5.97. The van der Waals surface area contributed by atoms with Crippen LogP contribution in [0.2, 0.25) is 0 Å². The van der Waals surface area contributed by atoms with Crippen LogP contribution >= 0.6 is 0 Å². The summed E-state index contributed by atoms with van der Waals surface area (Å²) in [5, 5.41) is 24.3. The minimum Gasteiger partial charge on any atom is -0.394 e. The second kappa shape index (κ2) is 8.72. The van der Waals surface area contributed by atoms with Crippen molar-refractivity contribution < 1.29 is 14.4 Å². The summed E-state index contributed by atoms with van der Waals surface area (Å²) in [5.41, 5.74) is 4.31. The van der Waals surface area contributed by atoms with Crippen LogP contribution in [0.5, 0.6) is 0 Å². The zero-order valence-corrected chi connectivity index (χ0v) is 18.1. The minimum atomic E-state index is -0.373. The van der Waals surface area contributed by atoms with Gasteiger partial charge < -0.3 is 15.7 Å². The third-order valence-corrected chi connectivity index (χ3v) is 6.07. The third kappa shape index (κ3) is 3.77. The molecule has 5 rings (SSSR count). The van der Waals surface area contributed by atoms with E-state index in [-0.39, 0.29) is 48.2 Å². The molecule has 0 saturated heterocycles. The van der Waals surface area contributed by atoms with Gasteiger partial charge in [0.25, 0.3) is 0 Å². The lowest BCUT2D eigenvalue weighted by Gasteiger charge is -2.35. The molecule has 3 heterocycles. The summed E-state index contributed by atoms with van der Waals surface area (Å²) in [6.45, 7) is 0.965. The Labute approximate surface area is 189 Å². The summed E-state index contributed by atoms with van der Waals surface area (Å²) in [7, 11) is 1.90. The number of nitrogens with zero attached hydrogens (tertiary/aromatic N) is 5. The minimum absolute atomic E-state index is 0.0297. The van der Waals surface area contributed by atoms with Crippen LogP contribution in [0.1, 0.15) is 28.8 Å². The van der Waals surface area contributed by atoms with Crippen LogP contribution in [0.3, 0.4) is 0 Å². The van der Waals surface area contributed by atoms with Gasteiger partial charge in [0, 0.05) is 35.4 Å². The smallest absolute Gasteiger partial charge is 0.176 e. The summed E-state index contributed by atoms with van der Waals surface area (Å²) in [6.07, 6.45) is 6.24. The Morgan fingerprint density at radius 1 is 1.30 bits per heavy atom. The summed E-state index contributed by atoms with van der Waals surface area (Å²) >= 11 is 0. The molecule has 2 aliphatic heterocycles. The SMILES string of the molecule is CNCc1ccc(C2C=C3C=NN(F)C4=CC(=O)CNC(=C34)C2c2ncnn2CCO)cc1. The molecule has 170 valence electrons. The zero-order chi connectivity index (χ0) is 22.9. The lowest BCUT2D eigenvalue weighted by atomic mass is 9.74. The van der Waals surface area contributed by atoms with Gasteiger partial charge in [-0.1, -0.05) is 40.1 Å². The molecular weight excluding hydrogens is 425 g/mol. The van der Waals surface area contributed by atoms with Gasteiger partial charge in [-0.25, -0.2) is 9.67 Å². The van der Waals surface area contributed by atoms with Crippen LogP contribution in [0.15, 0.2) is 70.4 Å². The van der Waals surface area contributed by atoms with Crippen LogP contribution in [0.4, 0.5) is 4.48 Å². The fourth-order valence-electron chi connectivity index (χ4n) is 4.66. The number of hydrogen-bond acceptors (Lipinski definition) is 8. The number of rotatable bonds is 6. The Kier molecular flexibility index (Phi) is 5.61. The van der Waals surface area contributed by atoms with Crippen LogP contribution in [-0.4, -0.2) is 57.3 Å². The van der Waals surface area contributed by atoms with E-state index in [9.17, 15) is 14.4 Å². The quantitative estimate of drug-likeness (QED) is 0.571. The van der Waals surface area contributed by atoms with Crippen molar-refractivity contribution in [1.82, 2.24) is 30.6 Å². The number of nitrogens with one attached hydrogen (secondary N) is 2. The Bertz CT molecular complexity index is 1200. The highest BCUT2D eigenvalue weighted by Crippen LogP contribution is 2.47. The molecule has 1 aromatic heterocycles. The monoisotopic (exact) mass is 449 g/mol. The number of aliphatic hydroxyl groups is 1. The average molecular weight is 449 g/mol. The van der Waals surface area contributed by atoms with Gasteiger partial charge in [0.1, 0.15) is 17.8 Å². The molecule has 2 aromatic rings. The molecule has 3 N–H and O–H groups in total. The normalized spacial score (nSPS) is 21.9. The van der Waals surface area contributed by atoms with Gasteiger partial charge in [0.05, 0.1) is 31.8 Å². The number of carbonyl (C=O) groups is 1. The average Bonchev–Trinajstić information content (AvgIpc) is 3.19. The van der Waals surface area contributed by atoms with E-state index in [0.29, 0.717) is 17.1 Å². The fraction of sp³-hybridized carbons (Fsp3) is 0.304. The zero-order valence-electron chi connectivity index (χ0n) is 18.1. The fourth-order valence-corrected chi connectivity index (χ4v) is 4.66. The van der Waals surface area contributed by atoms with Crippen molar-refractivity contribution in [2.24, 2.45) is 5.10 Å². The first-order valence-corrected chi connectivity index (χ1v) is 10.8. The number of aliphatic hydroxyl groups excluding tert-OH is 1. The van der Waals surface area contributed by atoms with Crippen molar-refractivity contribution >= 4 is 12.0 Å². The van der Waals surface area contributed by atoms with E-state index >= 15 is 0 Å². The van der Waals surface area contributed by atoms with E-state index in [2.05, 4.69) is 50.1 Å². The summed E-state index contributed by atoms with van der Waals surface area (Å²) in [6, 6.07) is 8.27. The van der Waals surface area contributed by atoms with E-state index in [0.717, 1.165) is 23.2 Å². The van der Waals surface area contributed by atoms with Gasteiger partial charge in [-0.2, -0.15) is 5.10 Å². The van der Waals surface area contributed by atoms with Crippen molar-refractivity contribution in [2.75, 3.05) is 20.2 Å². The Morgan fingerprint density at radius 3 is 2.88 bits per heavy atom. The highest BCUT2D eigenvalue weighted by Gasteiger charge is 2.41. The molecule has 0 saturated carbocycles. The maximum atomic E-state index is 14.6. The molecule has 33 heavy (non-hydrogen) atoms. The molecule has 9 nitrogen and oxygen atoms in total. The first-order chi connectivity index (χ1) is 16.1. The molecule has 1 aliphatic carbocycles. The molecule has 2 unspecified atom stereocenters. The maximum absolute atomic E-state index is 14.6. The topological polar surface area (TPSA) is 108 Å². The standard InChI is InChI=1S/C23H24FN7O2/c1-25-10-14-2-4-15(5-3-14)18-8-16-11-28-31(24)19-9-17(33)12-26-22(20(16)19)21(18)23-27-13-29-30(23)6-7-32/h2-5,8-9,11,13,18,21,25-26,32H,6-7,10,12H2,1H3. The van der Waals surface area contributed by atoms with Crippen LogP contribution in [0.25, 0.3) is 0 Å². The Hall–Kier alpha value is -3.63. The number of halogens is 1. The summed E-state index contributed by atoms with van der Waals surface area (Å²) in [5.74, 6) is -0.173. The number of ketones is 1. The van der Waals surface area contributed by atoms with Gasteiger partial charge in [0.15, 0.2) is 5.78 Å². The molecule has 0 bridgehead atoms. The molecular formula is C23H24FN7O2. The van der Waals surface area contributed by atoms with Crippen LogP contribution < -0.4 is 10.6 Å². The van der Waals surface area contributed by atoms with Gasteiger partial charge in [-0.05, 0) is 18.2 Å². The second-order valence-corrected chi connectivity index (χ2v) is 8.11. The van der Waals surface area contributed by atoms with Gasteiger partial charge in [0.2, 0.25) is 0 Å². The van der Waals surface area contributed by atoms with E-state index in [1.54, 1.807) is 4.68 Å². The van der Waals surface area contributed by atoms with Gasteiger partial charge >= 0.3 is 0 Å². The summed E-state index contributed by atoms with van der Waals surface area (Å²) in [4.78, 5) is 16.9. The van der Waals surface area contributed by atoms with Crippen LogP contribution in [0, 0.1) is 0 Å². The number of aromatic nitrogens is 3. The van der Waals surface area contributed by atoms with Crippen molar-refractivity contribution in [3.63, 3.8) is 0 Å². The van der Waals surface area contributed by atoms with E-state index in [4.69, 9.17) is 0 Å². The number of benzene rings is 1. The Morgan fingerprint density at radius 2 is 2.12 bits per heavy atom. The molecule has 3 aliphatic rings. The first-order valence-electron chi connectivity index (χ1n) is 10.8. The highest BCUT2D eigenvalue weighted by atomic mass is 19.2. The van der Waals surface area contributed by atoms with Crippen molar-refractivity contribution in [3.8, 4) is 0 Å². The first kappa shape index (κ1) is 21.2. The summed E-state index contributed by atoms with van der Waals surface area (Å²) < 4.78 is 16.3. The molecule has 10 heteroatoms. The number of hydrogen-bond donors (Lipinski definition) is 3. The number of carbonyl (C=O) groups excluding carboxylic acids is 1. The lowest BCUT2D eigenvalue weighted by Crippen LogP contribution is -2.33. The van der Waals surface area contributed by atoms with E-state index in [1.807, 2.05) is 13.1 Å². The molecule has 1 aromatic carbocycles. The Balaban J connectivity index is 1.69. The largest absolute Gasteiger partial charge is 0.394 e. The predicted octanol–water partition coefficient (Wildman–Crippen LogP) is 1.29. The van der Waals surface area contributed by atoms with E-state index < -0.39 is 0 Å². The van der Waals surface area contributed by atoms with Gasteiger partial charge in [-0.15, -0.1) is 5.10 Å². The van der Waals surface area contributed by atoms with Crippen LogP contribution in [-0.2, 0) is 17.9 Å². The number of allylic oxidation sites excluding steroid dienone is 3. The van der Waals surface area contributed by atoms with Gasteiger partial charge in [-0.3, -0.25) is 4.79 Å². The third-order valence-electron chi connectivity index (χ3n) is 6.07. The van der Waals surface area contributed by atoms with Crippen molar-refractivity contribution in [3.05, 3.63) is 82.2 Å². The molecule has 0 fully saturated rings. The van der Waals surface area contributed by atoms with Crippen molar-refractivity contribution in [2.45, 2.75) is 24.9 Å². The molecule has 0 spiro atoms. The van der Waals surface area contributed by atoms with E-state index in [1.165, 1.54) is 18.6 Å². The lowest BCUT2D eigenvalue weighted by molar-refractivity contribution is -0.113. The predicted molar refractivity (Wildman–Crippen MR) is 119 cm³/mol. The molecule has 0 radical (unpaired) electrons.